The fourth-order valence-corrected chi connectivity index (χ4v) is 8.35. The van der Waals surface area contributed by atoms with Crippen molar-refractivity contribution in [3.63, 3.8) is 0 Å². The number of rotatable bonds is 8. The number of sulfonamides is 1. The van der Waals surface area contributed by atoms with Crippen molar-refractivity contribution in [2.75, 3.05) is 40.3 Å². The van der Waals surface area contributed by atoms with E-state index in [1.165, 1.54) is 38.4 Å². The fourth-order valence-electron chi connectivity index (χ4n) is 4.23. The van der Waals surface area contributed by atoms with Gasteiger partial charge in [-0.1, -0.05) is 12.1 Å². The number of halogens is 3. The summed E-state index contributed by atoms with van der Waals surface area (Å²) >= 11 is 0.827. The van der Waals surface area contributed by atoms with E-state index in [0.29, 0.717) is 23.5 Å². The number of hydroxylamine groups is 1. The highest BCUT2D eigenvalue weighted by Gasteiger charge is 2.44. The van der Waals surface area contributed by atoms with Crippen molar-refractivity contribution in [2.24, 2.45) is 0 Å². The minimum absolute atomic E-state index is 0.152. The van der Waals surface area contributed by atoms with Crippen LogP contribution in [0.4, 0.5) is 13.2 Å². The molecule has 2 atom stereocenters. The summed E-state index contributed by atoms with van der Waals surface area (Å²) in [5, 5.41) is 0. The van der Waals surface area contributed by atoms with E-state index in [1.807, 2.05) is 0 Å². The second kappa shape index (κ2) is 12.0. The van der Waals surface area contributed by atoms with Gasteiger partial charge in [-0.3, -0.25) is 4.79 Å². The molecule has 2 aliphatic heterocycles. The lowest BCUT2D eigenvalue weighted by atomic mass is 10.1. The number of alkyl halides is 3. The van der Waals surface area contributed by atoms with Crippen LogP contribution >= 0.6 is 11.3 Å². The van der Waals surface area contributed by atoms with Gasteiger partial charge in [-0.25, -0.2) is 18.7 Å². The van der Waals surface area contributed by atoms with Crippen molar-refractivity contribution in [1.82, 2.24) is 18.4 Å². The number of carbonyl (C=O) groups excluding carboxylic acids is 1. The molecular weight excluding hydrogens is 597 g/mol. The Kier molecular flexibility index (Phi) is 9.26. The maximum Gasteiger partial charge on any atom is 0.416 e. The summed E-state index contributed by atoms with van der Waals surface area (Å²) in [6.07, 6.45) is -3.03. The summed E-state index contributed by atoms with van der Waals surface area (Å²) in [6, 6.07) is 5.61. The number of benzene rings is 1. The Labute approximate surface area is 234 Å². The summed E-state index contributed by atoms with van der Waals surface area (Å²) in [6.45, 7) is -0.537. The minimum Gasteiger partial charge on any atom is -0.350 e. The maximum atomic E-state index is 13.7. The third-order valence-electron chi connectivity index (χ3n) is 6.45. The lowest BCUT2D eigenvalue weighted by molar-refractivity contribution is -0.202. The molecule has 0 aliphatic carbocycles. The predicted octanol–water partition coefficient (Wildman–Crippen LogP) is 2.49. The largest absolute Gasteiger partial charge is 0.416 e. The van der Waals surface area contributed by atoms with E-state index < -0.39 is 56.8 Å². The number of thiophene rings is 1. The molecule has 0 radical (unpaired) electrons. The Hall–Kier alpha value is -2.12. The van der Waals surface area contributed by atoms with Crippen LogP contribution in [-0.2, 0) is 40.8 Å². The van der Waals surface area contributed by atoms with Gasteiger partial charge in [0.1, 0.15) is 10.3 Å². The molecule has 1 aromatic heterocycles. The van der Waals surface area contributed by atoms with Crippen LogP contribution in [0, 0.1) is 0 Å². The first kappa shape index (κ1) is 30.8. The van der Waals surface area contributed by atoms with Crippen molar-refractivity contribution in [2.45, 2.75) is 42.0 Å². The number of nitrogens with one attached hydrogen (secondary N) is 1. The predicted molar refractivity (Wildman–Crippen MR) is 139 cm³/mol. The van der Waals surface area contributed by atoms with Crippen LogP contribution in [0.25, 0.3) is 10.4 Å². The van der Waals surface area contributed by atoms with Gasteiger partial charge in [0.25, 0.3) is 26.1 Å². The van der Waals surface area contributed by atoms with E-state index in [1.54, 1.807) is 0 Å². The molecule has 0 bridgehead atoms. The maximum absolute atomic E-state index is 13.7. The molecule has 0 spiro atoms. The first-order valence-corrected chi connectivity index (χ1v) is 15.9. The molecule has 1 amide bonds. The molecule has 2 fully saturated rings. The fraction of sp³-hybridized carbons (Fsp3) is 0.522. The quantitative estimate of drug-likeness (QED) is 0.447. The van der Waals surface area contributed by atoms with Crippen LogP contribution in [0.1, 0.15) is 24.8 Å². The monoisotopic (exact) mass is 626 g/mol. The highest BCUT2D eigenvalue weighted by atomic mass is 32.2. The Morgan fingerprint density at radius 1 is 1.07 bits per heavy atom. The van der Waals surface area contributed by atoms with Crippen molar-refractivity contribution in [3.8, 4) is 10.4 Å². The van der Waals surface area contributed by atoms with E-state index in [-0.39, 0.29) is 17.3 Å². The molecule has 11 nitrogen and oxygen atoms in total. The summed E-state index contributed by atoms with van der Waals surface area (Å²) in [7, 11) is -5.63. The third-order valence-corrected chi connectivity index (χ3v) is 11.9. The third kappa shape index (κ3) is 6.67. The van der Waals surface area contributed by atoms with Crippen LogP contribution in [-0.4, -0.2) is 88.3 Å². The molecule has 2 unspecified atom stereocenters. The number of hydrogen-bond donors (Lipinski definition) is 1. The zero-order chi connectivity index (χ0) is 29.3. The Bertz CT molecular complexity index is 1410. The highest BCUT2D eigenvalue weighted by Crippen LogP contribution is 2.36. The summed E-state index contributed by atoms with van der Waals surface area (Å²) in [5.41, 5.74) is 1.78. The number of amides is 1. The van der Waals surface area contributed by atoms with Gasteiger partial charge in [-0.15, -0.1) is 11.3 Å². The van der Waals surface area contributed by atoms with E-state index in [9.17, 15) is 34.8 Å². The number of nitrogens with zero attached hydrogens (tertiary/aromatic N) is 3. The Morgan fingerprint density at radius 2 is 1.77 bits per heavy atom. The lowest BCUT2D eigenvalue weighted by Gasteiger charge is -2.39. The molecule has 2 aromatic rings. The molecule has 4 rings (SSSR count). The Balaban J connectivity index is 1.58. The standard InChI is InChI=1S/C23H29F3N4O7S3/c1-28(2)40(34,35)29-12-13-30(18(15-29)22(31)27-37-20-5-3-4-14-36-20)39(32,33)21-11-10-19(38-21)16-6-8-17(9-7-16)23(24,25)26/h6-11,18,20H,3-5,12-15H2,1-2H3,(H,27,31). The molecule has 40 heavy (non-hydrogen) atoms. The first-order valence-electron chi connectivity index (χ1n) is 12.3. The van der Waals surface area contributed by atoms with Gasteiger partial charge < -0.3 is 4.74 Å². The molecule has 1 aromatic carbocycles. The topological polar surface area (TPSA) is 126 Å². The number of piperazine rings is 1. The summed E-state index contributed by atoms with van der Waals surface area (Å²) < 4.78 is 99.8. The smallest absolute Gasteiger partial charge is 0.350 e. The highest BCUT2D eigenvalue weighted by molar-refractivity contribution is 7.91. The number of ether oxygens (including phenoxy) is 1. The molecule has 222 valence electrons. The zero-order valence-corrected chi connectivity index (χ0v) is 24.1. The first-order chi connectivity index (χ1) is 18.7. The summed E-state index contributed by atoms with van der Waals surface area (Å²) in [5.74, 6) is -0.865. The van der Waals surface area contributed by atoms with Crippen LogP contribution in [0.5, 0.6) is 0 Å². The molecule has 2 saturated heterocycles. The van der Waals surface area contributed by atoms with Gasteiger partial charge in [0.05, 0.1) is 5.56 Å². The van der Waals surface area contributed by atoms with Gasteiger partial charge in [0.2, 0.25) is 0 Å². The second-order valence-corrected chi connectivity index (χ2v) is 14.7. The van der Waals surface area contributed by atoms with Gasteiger partial charge >= 0.3 is 6.18 Å². The van der Waals surface area contributed by atoms with Gasteiger partial charge in [-0.2, -0.15) is 34.5 Å². The van der Waals surface area contributed by atoms with Crippen LogP contribution in [0.15, 0.2) is 40.6 Å². The number of hydrogen-bond acceptors (Lipinski definition) is 8. The normalized spacial score (nSPS) is 21.9. The summed E-state index contributed by atoms with van der Waals surface area (Å²) in [4.78, 5) is 18.9. The van der Waals surface area contributed by atoms with Crippen LogP contribution in [0.3, 0.4) is 0 Å². The molecule has 1 N–H and O–H groups in total. The van der Waals surface area contributed by atoms with Gasteiger partial charge in [-0.05, 0) is 42.7 Å². The van der Waals surface area contributed by atoms with Crippen molar-refractivity contribution >= 4 is 37.5 Å². The molecule has 17 heteroatoms. The van der Waals surface area contributed by atoms with Crippen LogP contribution < -0.4 is 5.48 Å². The van der Waals surface area contributed by atoms with Gasteiger partial charge in [0, 0.05) is 51.6 Å². The van der Waals surface area contributed by atoms with E-state index >= 15 is 0 Å². The van der Waals surface area contributed by atoms with E-state index in [2.05, 4.69) is 5.48 Å². The van der Waals surface area contributed by atoms with Crippen molar-refractivity contribution in [3.05, 3.63) is 42.0 Å². The Morgan fingerprint density at radius 3 is 2.38 bits per heavy atom. The van der Waals surface area contributed by atoms with E-state index in [0.717, 1.165) is 49.2 Å². The SMILES string of the molecule is CN(C)S(=O)(=O)N1CCN(S(=O)(=O)c2ccc(-c3ccc(C(F)(F)F)cc3)s2)C(C(=O)NOC2CCCCO2)C1. The van der Waals surface area contributed by atoms with Crippen LogP contribution in [0.2, 0.25) is 0 Å². The minimum atomic E-state index is -4.51. The van der Waals surface area contributed by atoms with Crippen molar-refractivity contribution < 1.29 is 44.4 Å². The zero-order valence-electron chi connectivity index (χ0n) is 21.6. The molecule has 3 heterocycles. The molecule has 2 aliphatic rings. The van der Waals surface area contributed by atoms with Gasteiger partial charge in [0.15, 0.2) is 6.29 Å². The van der Waals surface area contributed by atoms with E-state index in [4.69, 9.17) is 9.57 Å². The second-order valence-electron chi connectivity index (χ2n) is 9.35. The average Bonchev–Trinajstić information content (AvgIpc) is 3.43. The van der Waals surface area contributed by atoms with Crippen molar-refractivity contribution in [1.29, 1.82) is 0 Å². The molecular formula is C23H29F3N4O7S3. The number of carbonyl (C=O) groups is 1. The lowest BCUT2D eigenvalue weighted by Crippen LogP contribution is -2.62. The molecule has 0 saturated carbocycles. The average molecular weight is 627 g/mol.